The van der Waals surface area contributed by atoms with Crippen molar-refractivity contribution in [3.63, 3.8) is 0 Å². The zero-order valence-electron chi connectivity index (χ0n) is 18.1. The molecule has 4 amide bonds. The van der Waals surface area contributed by atoms with Crippen LogP contribution in [0.4, 0.5) is 0 Å². The molecule has 7 N–H and O–H groups in total. The van der Waals surface area contributed by atoms with Crippen molar-refractivity contribution >= 4 is 41.4 Å². The number of nitrogens with two attached hydrogens (primary N) is 2. The van der Waals surface area contributed by atoms with Gasteiger partial charge in [0.05, 0.1) is 12.5 Å². The summed E-state index contributed by atoms with van der Waals surface area (Å²) in [5.41, 5.74) is 10.8. The molecular formula is C19H33N5O6S. The Bertz CT molecular complexity index is 689. The predicted octanol–water partition coefficient (Wildman–Crippen LogP) is -1.36. The van der Waals surface area contributed by atoms with Crippen molar-refractivity contribution in [1.29, 1.82) is 0 Å². The number of nitrogens with zero attached hydrogens (tertiary/aromatic N) is 1. The Labute approximate surface area is 186 Å². The van der Waals surface area contributed by atoms with Crippen molar-refractivity contribution in [3.05, 3.63) is 0 Å². The van der Waals surface area contributed by atoms with E-state index in [2.05, 4.69) is 10.6 Å². The molecular weight excluding hydrogens is 426 g/mol. The molecule has 1 heterocycles. The summed E-state index contributed by atoms with van der Waals surface area (Å²) < 4.78 is 0. The van der Waals surface area contributed by atoms with E-state index in [0.29, 0.717) is 25.1 Å². The van der Waals surface area contributed by atoms with Crippen molar-refractivity contribution in [2.24, 2.45) is 17.4 Å². The maximum Gasteiger partial charge on any atom is 0.326 e. The summed E-state index contributed by atoms with van der Waals surface area (Å²) in [6, 6.07) is -4.00. The van der Waals surface area contributed by atoms with E-state index < -0.39 is 53.8 Å². The van der Waals surface area contributed by atoms with Crippen LogP contribution in [-0.4, -0.2) is 82.3 Å². The zero-order valence-corrected chi connectivity index (χ0v) is 18.9. The Kier molecular flexibility index (Phi) is 10.8. The molecule has 176 valence electrons. The Balaban J connectivity index is 2.86. The van der Waals surface area contributed by atoms with E-state index in [0.717, 1.165) is 0 Å². The largest absolute Gasteiger partial charge is 0.480 e. The highest BCUT2D eigenvalue weighted by molar-refractivity contribution is 7.98. The zero-order chi connectivity index (χ0) is 23.7. The molecule has 1 fully saturated rings. The average Bonchev–Trinajstić information content (AvgIpc) is 3.17. The summed E-state index contributed by atoms with van der Waals surface area (Å²) in [7, 11) is 0. The number of amides is 4. The molecule has 1 rings (SSSR count). The second-order valence-electron chi connectivity index (χ2n) is 7.88. The summed E-state index contributed by atoms with van der Waals surface area (Å²) in [6.45, 7) is 3.75. The lowest BCUT2D eigenvalue weighted by molar-refractivity contribution is -0.143. The molecule has 1 aliphatic rings. The first kappa shape index (κ1) is 26.7. The van der Waals surface area contributed by atoms with Gasteiger partial charge < -0.3 is 32.1 Å². The van der Waals surface area contributed by atoms with Gasteiger partial charge in [-0.3, -0.25) is 19.2 Å². The van der Waals surface area contributed by atoms with Crippen LogP contribution >= 0.6 is 11.8 Å². The SMILES string of the molecule is CSCCC(NC(=O)C(NC(=O)C1CCCN1C(=O)C(N)CC(N)=O)C(C)C)C(=O)O. The Morgan fingerprint density at radius 3 is 2.35 bits per heavy atom. The van der Waals surface area contributed by atoms with Gasteiger partial charge in [0, 0.05) is 6.54 Å². The molecule has 31 heavy (non-hydrogen) atoms. The normalized spacial score (nSPS) is 18.9. The van der Waals surface area contributed by atoms with E-state index in [9.17, 15) is 29.1 Å². The lowest BCUT2D eigenvalue weighted by Gasteiger charge is -2.29. The van der Waals surface area contributed by atoms with Crippen molar-refractivity contribution < 1.29 is 29.1 Å². The molecule has 0 aromatic heterocycles. The molecule has 11 nitrogen and oxygen atoms in total. The Morgan fingerprint density at radius 1 is 1.19 bits per heavy atom. The summed E-state index contributed by atoms with van der Waals surface area (Å²) in [6.07, 6.45) is 2.72. The minimum Gasteiger partial charge on any atom is -0.480 e. The van der Waals surface area contributed by atoms with Crippen LogP contribution in [0.25, 0.3) is 0 Å². The monoisotopic (exact) mass is 459 g/mol. The van der Waals surface area contributed by atoms with Crippen molar-refractivity contribution in [2.45, 2.75) is 63.7 Å². The summed E-state index contributed by atoms with van der Waals surface area (Å²) in [4.78, 5) is 61.9. The van der Waals surface area contributed by atoms with Gasteiger partial charge in [-0.05, 0) is 37.2 Å². The van der Waals surface area contributed by atoms with Gasteiger partial charge in [-0.2, -0.15) is 11.8 Å². The molecule has 4 unspecified atom stereocenters. The lowest BCUT2D eigenvalue weighted by atomic mass is 10.0. The number of nitrogens with one attached hydrogen (secondary N) is 2. The first-order valence-corrected chi connectivity index (χ1v) is 11.6. The molecule has 4 atom stereocenters. The maximum atomic E-state index is 12.9. The highest BCUT2D eigenvalue weighted by atomic mass is 32.2. The quantitative estimate of drug-likeness (QED) is 0.237. The van der Waals surface area contributed by atoms with Gasteiger partial charge in [0.2, 0.25) is 23.6 Å². The minimum atomic E-state index is -1.15. The van der Waals surface area contributed by atoms with Gasteiger partial charge in [0.15, 0.2) is 0 Å². The molecule has 0 aromatic rings. The first-order chi connectivity index (χ1) is 14.5. The molecule has 0 radical (unpaired) electrons. The van der Waals surface area contributed by atoms with E-state index in [-0.39, 0.29) is 18.8 Å². The maximum absolute atomic E-state index is 12.9. The van der Waals surface area contributed by atoms with E-state index in [1.54, 1.807) is 13.8 Å². The van der Waals surface area contributed by atoms with Gasteiger partial charge in [0.1, 0.15) is 18.1 Å². The average molecular weight is 460 g/mol. The smallest absolute Gasteiger partial charge is 0.326 e. The Hall–Kier alpha value is -2.34. The topological polar surface area (TPSA) is 185 Å². The van der Waals surface area contributed by atoms with E-state index in [4.69, 9.17) is 11.5 Å². The number of likely N-dealkylation sites (tertiary alicyclic amines) is 1. The van der Waals surface area contributed by atoms with E-state index >= 15 is 0 Å². The first-order valence-electron chi connectivity index (χ1n) is 10.2. The van der Waals surface area contributed by atoms with Crippen LogP contribution in [-0.2, 0) is 24.0 Å². The molecule has 1 aliphatic heterocycles. The van der Waals surface area contributed by atoms with E-state index in [1.165, 1.54) is 16.7 Å². The fraction of sp³-hybridized carbons (Fsp3) is 0.737. The van der Waals surface area contributed by atoms with Crippen LogP contribution < -0.4 is 22.1 Å². The van der Waals surface area contributed by atoms with Gasteiger partial charge in [-0.15, -0.1) is 0 Å². The van der Waals surface area contributed by atoms with Gasteiger partial charge in [-0.1, -0.05) is 13.8 Å². The second-order valence-corrected chi connectivity index (χ2v) is 8.86. The number of rotatable bonds is 12. The molecule has 0 spiro atoms. The number of carboxylic acid groups (broad SMARTS) is 1. The molecule has 0 saturated carbocycles. The number of primary amides is 1. The third-order valence-electron chi connectivity index (χ3n) is 5.05. The van der Waals surface area contributed by atoms with Crippen molar-refractivity contribution in [3.8, 4) is 0 Å². The van der Waals surface area contributed by atoms with Crippen LogP contribution in [0.15, 0.2) is 0 Å². The second kappa shape index (κ2) is 12.5. The molecule has 0 bridgehead atoms. The van der Waals surface area contributed by atoms with Crippen molar-refractivity contribution in [2.75, 3.05) is 18.6 Å². The number of hydrogen-bond acceptors (Lipinski definition) is 7. The number of carbonyl (C=O) groups is 5. The minimum absolute atomic E-state index is 0.254. The summed E-state index contributed by atoms with van der Waals surface area (Å²) >= 11 is 1.46. The van der Waals surface area contributed by atoms with Gasteiger partial charge in [-0.25, -0.2) is 4.79 Å². The van der Waals surface area contributed by atoms with Crippen LogP contribution in [0.3, 0.4) is 0 Å². The highest BCUT2D eigenvalue weighted by Crippen LogP contribution is 2.19. The fourth-order valence-electron chi connectivity index (χ4n) is 3.36. The van der Waals surface area contributed by atoms with Crippen LogP contribution in [0, 0.1) is 5.92 Å². The molecule has 1 saturated heterocycles. The summed E-state index contributed by atoms with van der Waals surface area (Å²) in [5, 5.41) is 14.5. The molecule has 0 aromatic carbocycles. The number of aliphatic carboxylic acids is 1. The molecule has 0 aliphatic carbocycles. The van der Waals surface area contributed by atoms with E-state index in [1.807, 2.05) is 6.26 Å². The molecule has 12 heteroatoms. The number of hydrogen-bond donors (Lipinski definition) is 5. The van der Waals surface area contributed by atoms with Crippen LogP contribution in [0.2, 0.25) is 0 Å². The lowest BCUT2D eigenvalue weighted by Crippen LogP contribution is -2.58. The predicted molar refractivity (Wildman–Crippen MR) is 116 cm³/mol. The summed E-state index contributed by atoms with van der Waals surface area (Å²) in [5.74, 6) is -3.30. The number of carbonyl (C=O) groups excluding carboxylic acids is 4. The Morgan fingerprint density at radius 2 is 1.84 bits per heavy atom. The highest BCUT2D eigenvalue weighted by Gasteiger charge is 2.38. The van der Waals surface area contributed by atoms with Crippen LogP contribution in [0.1, 0.15) is 39.5 Å². The van der Waals surface area contributed by atoms with Crippen molar-refractivity contribution in [1.82, 2.24) is 15.5 Å². The third-order valence-corrected chi connectivity index (χ3v) is 5.69. The number of carboxylic acids is 1. The third kappa shape index (κ3) is 8.02. The fourth-order valence-corrected chi connectivity index (χ4v) is 3.83. The van der Waals surface area contributed by atoms with Gasteiger partial charge in [0.25, 0.3) is 0 Å². The van der Waals surface area contributed by atoms with Crippen LogP contribution in [0.5, 0.6) is 0 Å². The van der Waals surface area contributed by atoms with Gasteiger partial charge >= 0.3 is 5.97 Å². The standard InChI is InChI=1S/C19H33N5O6S/c1-10(2)15(17(27)22-12(19(29)30)6-8-31-3)23-16(26)13-5-4-7-24(13)18(28)11(20)9-14(21)25/h10-13,15H,4-9,20H2,1-3H3,(H2,21,25)(H,22,27)(H,23,26)(H,29,30). The number of thioether (sulfide) groups is 1.